The van der Waals surface area contributed by atoms with Crippen molar-refractivity contribution in [1.82, 2.24) is 5.32 Å². The summed E-state index contributed by atoms with van der Waals surface area (Å²) in [5.74, 6) is 0. The third-order valence-electron chi connectivity index (χ3n) is 4.10. The first-order valence-electron chi connectivity index (χ1n) is 7.73. The van der Waals surface area contributed by atoms with Crippen molar-refractivity contribution in [2.24, 2.45) is 0 Å². The molecular weight excluding hydrogens is 258 g/mol. The average Bonchev–Trinajstić information content (AvgIpc) is 2.54. The zero-order valence-corrected chi connectivity index (χ0v) is 12.4. The smallest absolute Gasteiger partial charge is 0.0622 e. The summed E-state index contributed by atoms with van der Waals surface area (Å²) >= 11 is 0. The van der Waals surface area contributed by atoms with Crippen molar-refractivity contribution in [3.63, 3.8) is 0 Å². The van der Waals surface area contributed by atoms with E-state index in [1.807, 2.05) is 6.07 Å². The second-order valence-electron chi connectivity index (χ2n) is 5.61. The molecule has 0 amide bonds. The van der Waals surface area contributed by atoms with Crippen LogP contribution in [0.3, 0.4) is 0 Å². The Morgan fingerprint density at radius 3 is 2.81 bits per heavy atom. The predicted molar refractivity (Wildman–Crippen MR) is 89.5 cm³/mol. The zero-order valence-electron chi connectivity index (χ0n) is 12.4. The topological polar surface area (TPSA) is 50.1 Å². The molecule has 0 saturated heterocycles. The molecule has 0 spiro atoms. The number of nitrogens with two attached hydrogens (primary N) is 1. The van der Waals surface area contributed by atoms with Crippen LogP contribution >= 0.6 is 0 Å². The third kappa shape index (κ3) is 3.37. The van der Waals surface area contributed by atoms with Gasteiger partial charge in [-0.15, -0.1) is 0 Å². The van der Waals surface area contributed by atoms with Crippen molar-refractivity contribution < 1.29 is 0 Å². The van der Waals surface area contributed by atoms with E-state index in [1.165, 1.54) is 16.7 Å². The molecule has 0 radical (unpaired) electrons. The Balaban J connectivity index is 1.60. The van der Waals surface area contributed by atoms with E-state index in [-0.39, 0.29) is 0 Å². The quantitative estimate of drug-likeness (QED) is 0.583. The van der Waals surface area contributed by atoms with Crippen LogP contribution in [0, 0.1) is 0 Å². The third-order valence-corrected chi connectivity index (χ3v) is 4.10. The van der Waals surface area contributed by atoms with Crippen molar-refractivity contribution in [2.75, 3.05) is 24.1 Å². The maximum absolute atomic E-state index is 6.15. The summed E-state index contributed by atoms with van der Waals surface area (Å²) in [7, 11) is 0. The first kappa shape index (κ1) is 14.0. The number of nitrogen functional groups attached to an aromatic ring is 1. The van der Waals surface area contributed by atoms with Gasteiger partial charge in [-0.25, -0.2) is 0 Å². The maximum Gasteiger partial charge on any atom is 0.0622 e. The van der Waals surface area contributed by atoms with Crippen molar-refractivity contribution >= 4 is 11.4 Å². The lowest BCUT2D eigenvalue weighted by Crippen LogP contribution is -2.25. The van der Waals surface area contributed by atoms with E-state index in [4.69, 9.17) is 5.73 Å². The highest BCUT2D eigenvalue weighted by Gasteiger charge is 2.14. The lowest BCUT2D eigenvalue weighted by molar-refractivity contribution is 0.644. The Labute approximate surface area is 126 Å². The van der Waals surface area contributed by atoms with E-state index in [0.29, 0.717) is 0 Å². The summed E-state index contributed by atoms with van der Waals surface area (Å²) in [6.45, 7) is 2.93. The largest absolute Gasteiger partial charge is 0.397 e. The van der Waals surface area contributed by atoms with Gasteiger partial charge in [-0.1, -0.05) is 36.4 Å². The highest BCUT2D eigenvalue weighted by molar-refractivity contribution is 5.72. The second-order valence-corrected chi connectivity index (χ2v) is 5.61. The number of hydrogen-bond donors (Lipinski definition) is 3. The van der Waals surface area contributed by atoms with Gasteiger partial charge in [-0.05, 0) is 48.6 Å². The van der Waals surface area contributed by atoms with Gasteiger partial charge in [-0.3, -0.25) is 0 Å². The number of aryl methyl sites for hydroxylation is 1. The van der Waals surface area contributed by atoms with Crippen LogP contribution in [0.15, 0.2) is 42.5 Å². The van der Waals surface area contributed by atoms with E-state index < -0.39 is 0 Å². The molecule has 110 valence electrons. The number of hydrogen-bond acceptors (Lipinski definition) is 3. The Kier molecular flexibility index (Phi) is 4.41. The van der Waals surface area contributed by atoms with Crippen molar-refractivity contribution in [3.8, 4) is 0 Å². The molecule has 0 unspecified atom stereocenters. The Morgan fingerprint density at radius 1 is 1.10 bits per heavy atom. The van der Waals surface area contributed by atoms with Crippen LogP contribution in [-0.2, 0) is 19.4 Å². The van der Waals surface area contributed by atoms with Gasteiger partial charge in [0, 0.05) is 13.1 Å². The molecule has 1 aliphatic rings. The van der Waals surface area contributed by atoms with E-state index in [2.05, 4.69) is 47.0 Å². The van der Waals surface area contributed by atoms with E-state index in [0.717, 1.165) is 50.3 Å². The molecule has 21 heavy (non-hydrogen) atoms. The monoisotopic (exact) mass is 281 g/mol. The highest BCUT2D eigenvalue weighted by atomic mass is 14.9. The molecule has 3 nitrogen and oxygen atoms in total. The fourth-order valence-electron chi connectivity index (χ4n) is 2.94. The molecule has 4 N–H and O–H groups in total. The minimum absolute atomic E-state index is 0.858. The van der Waals surface area contributed by atoms with E-state index in [1.54, 1.807) is 0 Å². The molecule has 0 saturated carbocycles. The predicted octanol–water partition coefficient (Wildman–Crippen LogP) is 2.96. The Morgan fingerprint density at radius 2 is 1.95 bits per heavy atom. The highest BCUT2D eigenvalue weighted by Crippen LogP contribution is 2.29. The lowest BCUT2D eigenvalue weighted by Gasteiger charge is -2.22. The van der Waals surface area contributed by atoms with Crippen LogP contribution in [-0.4, -0.2) is 13.1 Å². The summed E-state index contributed by atoms with van der Waals surface area (Å²) < 4.78 is 0. The van der Waals surface area contributed by atoms with Crippen molar-refractivity contribution in [1.29, 1.82) is 0 Å². The van der Waals surface area contributed by atoms with Crippen LogP contribution in [0.5, 0.6) is 0 Å². The zero-order chi connectivity index (χ0) is 14.5. The molecule has 0 fully saturated rings. The minimum Gasteiger partial charge on any atom is -0.397 e. The number of nitrogens with one attached hydrogen (secondary N) is 2. The van der Waals surface area contributed by atoms with Crippen LogP contribution in [0.1, 0.15) is 23.1 Å². The van der Waals surface area contributed by atoms with Gasteiger partial charge < -0.3 is 16.4 Å². The normalized spacial score (nSPS) is 13.7. The van der Waals surface area contributed by atoms with E-state index in [9.17, 15) is 0 Å². The number of benzene rings is 2. The molecule has 3 heteroatoms. The fourth-order valence-corrected chi connectivity index (χ4v) is 2.94. The van der Waals surface area contributed by atoms with Crippen molar-refractivity contribution in [2.45, 2.75) is 25.8 Å². The molecule has 0 aromatic heterocycles. The molecule has 2 aromatic rings. The number of fused-ring (bicyclic) bond motifs is 1. The summed E-state index contributed by atoms with van der Waals surface area (Å²) in [5.41, 5.74) is 12.3. The van der Waals surface area contributed by atoms with Gasteiger partial charge in [0.2, 0.25) is 0 Å². The molecule has 1 aliphatic heterocycles. The number of anilines is 2. The SMILES string of the molecule is Nc1ccc2c(c1NCCCc1ccccc1)CNCC2. The summed E-state index contributed by atoms with van der Waals surface area (Å²) in [5, 5.41) is 6.98. The lowest BCUT2D eigenvalue weighted by atomic mass is 9.98. The standard InChI is InChI=1S/C18H23N3/c19-17-9-8-15-10-12-20-13-16(15)18(17)21-11-4-7-14-5-2-1-3-6-14/h1-3,5-6,8-9,20-21H,4,7,10-13,19H2. The van der Waals surface area contributed by atoms with E-state index >= 15 is 0 Å². The fraction of sp³-hybridized carbons (Fsp3) is 0.333. The molecule has 2 aromatic carbocycles. The summed E-state index contributed by atoms with van der Waals surface area (Å²) in [4.78, 5) is 0. The molecular formula is C18H23N3. The van der Waals surface area contributed by atoms with Gasteiger partial charge in [0.25, 0.3) is 0 Å². The van der Waals surface area contributed by atoms with Crippen LogP contribution in [0.25, 0.3) is 0 Å². The molecule has 3 rings (SSSR count). The Bertz CT molecular complexity index is 593. The average molecular weight is 281 g/mol. The molecule has 1 heterocycles. The summed E-state index contributed by atoms with van der Waals surface area (Å²) in [6, 6.07) is 14.8. The van der Waals surface area contributed by atoms with Crippen LogP contribution in [0.2, 0.25) is 0 Å². The first-order chi connectivity index (χ1) is 10.3. The molecule has 0 atom stereocenters. The molecule has 0 bridgehead atoms. The van der Waals surface area contributed by atoms with Crippen LogP contribution < -0.4 is 16.4 Å². The summed E-state index contributed by atoms with van der Waals surface area (Å²) in [6.07, 6.45) is 3.30. The molecule has 0 aliphatic carbocycles. The van der Waals surface area contributed by atoms with Gasteiger partial charge in [0.15, 0.2) is 0 Å². The minimum atomic E-state index is 0.858. The van der Waals surface area contributed by atoms with Gasteiger partial charge in [0.05, 0.1) is 11.4 Å². The first-order valence-corrected chi connectivity index (χ1v) is 7.73. The maximum atomic E-state index is 6.15. The second kappa shape index (κ2) is 6.64. The van der Waals surface area contributed by atoms with Gasteiger partial charge in [-0.2, -0.15) is 0 Å². The van der Waals surface area contributed by atoms with Gasteiger partial charge in [0.1, 0.15) is 0 Å². The van der Waals surface area contributed by atoms with Gasteiger partial charge >= 0.3 is 0 Å². The van der Waals surface area contributed by atoms with Crippen LogP contribution in [0.4, 0.5) is 11.4 Å². The Hall–Kier alpha value is -2.00. The van der Waals surface area contributed by atoms with Crippen molar-refractivity contribution in [3.05, 3.63) is 59.2 Å². The number of rotatable bonds is 5.